The molecular weight excluding hydrogens is 312 g/mol. The molecule has 4 nitrogen and oxygen atoms in total. The van der Waals surface area contributed by atoms with Gasteiger partial charge in [-0.3, -0.25) is 9.59 Å². The van der Waals surface area contributed by atoms with Crippen molar-refractivity contribution in [2.75, 3.05) is 13.1 Å². The van der Waals surface area contributed by atoms with Crippen molar-refractivity contribution in [3.63, 3.8) is 0 Å². The molecule has 2 aliphatic rings. The van der Waals surface area contributed by atoms with E-state index in [0.29, 0.717) is 19.5 Å². The van der Waals surface area contributed by atoms with E-state index >= 15 is 0 Å². The molecule has 0 radical (unpaired) electrons. The van der Waals surface area contributed by atoms with Gasteiger partial charge >= 0.3 is 0 Å². The molecule has 2 heterocycles. The van der Waals surface area contributed by atoms with Crippen molar-refractivity contribution in [2.45, 2.75) is 25.8 Å². The summed E-state index contributed by atoms with van der Waals surface area (Å²) < 4.78 is 0. The molecule has 0 unspecified atom stereocenters. The Morgan fingerprint density at radius 2 is 2.00 bits per heavy atom. The molecule has 1 N–H and O–H groups in total. The summed E-state index contributed by atoms with van der Waals surface area (Å²) in [7, 11) is 0. The number of piperidine rings is 1. The van der Waals surface area contributed by atoms with E-state index in [4.69, 9.17) is 0 Å². The fraction of sp³-hybridized carbons (Fsp3) is 0.333. The Labute approximate surface area is 147 Å². The minimum atomic E-state index is 0.0632. The van der Waals surface area contributed by atoms with Crippen LogP contribution in [0.3, 0.4) is 0 Å². The maximum Gasteiger partial charge on any atom is 0.253 e. The SMILES string of the molecule is Cc1ccccc1-c1cccc(C(=O)N2CC[C@@H]3NC(=O)C[C@@H]3C2)c1. The fourth-order valence-corrected chi connectivity index (χ4v) is 4.02. The molecule has 2 aromatic rings. The van der Waals surface area contributed by atoms with Crippen molar-refractivity contribution in [3.05, 3.63) is 59.7 Å². The first kappa shape index (κ1) is 15.9. The Kier molecular flexibility index (Phi) is 4.04. The van der Waals surface area contributed by atoms with Crippen LogP contribution in [0.15, 0.2) is 48.5 Å². The van der Waals surface area contributed by atoms with E-state index in [-0.39, 0.29) is 23.8 Å². The molecule has 2 atom stereocenters. The summed E-state index contributed by atoms with van der Waals surface area (Å²) in [5, 5.41) is 3.01. The van der Waals surface area contributed by atoms with Crippen LogP contribution >= 0.6 is 0 Å². The number of hydrogen-bond donors (Lipinski definition) is 1. The zero-order chi connectivity index (χ0) is 17.4. The number of aryl methyl sites for hydroxylation is 1. The first-order valence-corrected chi connectivity index (χ1v) is 8.86. The van der Waals surface area contributed by atoms with Gasteiger partial charge in [-0.1, -0.05) is 36.4 Å². The average molecular weight is 334 g/mol. The monoisotopic (exact) mass is 334 g/mol. The molecular formula is C21H22N2O2. The lowest BCUT2D eigenvalue weighted by molar-refractivity contribution is -0.119. The lowest BCUT2D eigenvalue weighted by Crippen LogP contribution is -2.47. The van der Waals surface area contributed by atoms with Crippen LogP contribution in [0.5, 0.6) is 0 Å². The third-order valence-corrected chi connectivity index (χ3v) is 5.38. The van der Waals surface area contributed by atoms with Gasteiger partial charge < -0.3 is 10.2 Å². The first-order chi connectivity index (χ1) is 12.1. The van der Waals surface area contributed by atoms with Gasteiger partial charge in [-0.25, -0.2) is 0 Å². The normalized spacial score (nSPS) is 22.4. The minimum Gasteiger partial charge on any atom is -0.353 e. The van der Waals surface area contributed by atoms with E-state index in [2.05, 4.69) is 24.4 Å². The zero-order valence-corrected chi connectivity index (χ0v) is 14.4. The van der Waals surface area contributed by atoms with Crippen LogP contribution in [-0.4, -0.2) is 35.8 Å². The topological polar surface area (TPSA) is 49.4 Å². The number of hydrogen-bond acceptors (Lipinski definition) is 2. The molecule has 2 aromatic carbocycles. The lowest BCUT2D eigenvalue weighted by atomic mass is 9.92. The summed E-state index contributed by atoms with van der Waals surface area (Å²) in [5.41, 5.74) is 4.14. The maximum atomic E-state index is 13.0. The van der Waals surface area contributed by atoms with Crippen LogP contribution in [0.2, 0.25) is 0 Å². The highest BCUT2D eigenvalue weighted by Gasteiger charge is 2.38. The minimum absolute atomic E-state index is 0.0632. The van der Waals surface area contributed by atoms with Crippen molar-refractivity contribution < 1.29 is 9.59 Å². The van der Waals surface area contributed by atoms with Crippen molar-refractivity contribution in [3.8, 4) is 11.1 Å². The van der Waals surface area contributed by atoms with Crippen molar-refractivity contribution >= 4 is 11.8 Å². The molecule has 2 aliphatic heterocycles. The fourth-order valence-electron chi connectivity index (χ4n) is 4.02. The molecule has 0 spiro atoms. The number of amides is 2. The predicted molar refractivity (Wildman–Crippen MR) is 97.2 cm³/mol. The Balaban J connectivity index is 1.56. The van der Waals surface area contributed by atoms with Gasteiger partial charge in [-0.15, -0.1) is 0 Å². The molecule has 128 valence electrons. The van der Waals surface area contributed by atoms with E-state index < -0.39 is 0 Å². The van der Waals surface area contributed by atoms with E-state index in [1.54, 1.807) is 0 Å². The highest BCUT2D eigenvalue weighted by Crippen LogP contribution is 2.28. The number of carbonyl (C=O) groups is 2. The van der Waals surface area contributed by atoms with Crippen molar-refractivity contribution in [1.29, 1.82) is 0 Å². The van der Waals surface area contributed by atoms with Gasteiger partial charge in [-0.2, -0.15) is 0 Å². The highest BCUT2D eigenvalue weighted by molar-refractivity contribution is 5.95. The Morgan fingerprint density at radius 3 is 2.84 bits per heavy atom. The first-order valence-electron chi connectivity index (χ1n) is 8.86. The average Bonchev–Trinajstić information content (AvgIpc) is 3.00. The van der Waals surface area contributed by atoms with Gasteiger partial charge in [0.1, 0.15) is 0 Å². The molecule has 4 rings (SSSR count). The number of rotatable bonds is 2. The van der Waals surface area contributed by atoms with Crippen LogP contribution in [-0.2, 0) is 4.79 Å². The van der Waals surface area contributed by atoms with Crippen molar-refractivity contribution in [2.24, 2.45) is 5.92 Å². The molecule has 0 aliphatic carbocycles. The lowest BCUT2D eigenvalue weighted by Gasteiger charge is -2.34. The molecule has 2 amide bonds. The third kappa shape index (κ3) is 3.04. The summed E-state index contributed by atoms with van der Waals surface area (Å²) in [6.07, 6.45) is 1.39. The Hall–Kier alpha value is -2.62. The predicted octanol–water partition coefficient (Wildman–Crippen LogP) is 3.01. The second kappa shape index (κ2) is 6.36. The molecule has 2 saturated heterocycles. The van der Waals surface area contributed by atoms with Gasteiger partial charge in [0, 0.05) is 37.0 Å². The standard InChI is InChI=1S/C21H22N2O2/c1-14-5-2-3-8-18(14)15-6-4-7-16(11-15)21(25)23-10-9-19-17(13-23)12-20(24)22-19/h2-8,11,17,19H,9-10,12-13H2,1H3,(H,22,24)/t17-,19+/m1/s1. The molecule has 4 heteroatoms. The highest BCUT2D eigenvalue weighted by atomic mass is 16.2. The molecule has 0 aromatic heterocycles. The van der Waals surface area contributed by atoms with E-state index in [9.17, 15) is 9.59 Å². The van der Waals surface area contributed by atoms with Gasteiger partial charge in [0.05, 0.1) is 0 Å². The smallest absolute Gasteiger partial charge is 0.253 e. The summed E-state index contributed by atoms with van der Waals surface area (Å²) in [6, 6.07) is 16.3. The van der Waals surface area contributed by atoms with Crippen LogP contribution in [0.4, 0.5) is 0 Å². The second-order valence-electron chi connectivity index (χ2n) is 7.07. The molecule has 0 bridgehead atoms. The van der Waals surface area contributed by atoms with Gasteiger partial charge in [0.25, 0.3) is 5.91 Å². The largest absolute Gasteiger partial charge is 0.353 e. The number of fused-ring (bicyclic) bond motifs is 1. The number of nitrogens with zero attached hydrogens (tertiary/aromatic N) is 1. The van der Waals surface area contributed by atoms with Crippen LogP contribution in [0.1, 0.15) is 28.8 Å². The van der Waals surface area contributed by atoms with Crippen molar-refractivity contribution in [1.82, 2.24) is 10.2 Å². The van der Waals surface area contributed by atoms with Gasteiger partial charge in [-0.05, 0) is 42.2 Å². The zero-order valence-electron chi connectivity index (χ0n) is 14.4. The quantitative estimate of drug-likeness (QED) is 0.918. The number of carbonyl (C=O) groups excluding carboxylic acids is 2. The van der Waals surface area contributed by atoms with E-state index in [1.165, 1.54) is 5.56 Å². The Morgan fingerprint density at radius 1 is 1.16 bits per heavy atom. The number of nitrogens with one attached hydrogen (secondary N) is 1. The van der Waals surface area contributed by atoms with Crippen LogP contribution in [0, 0.1) is 12.8 Å². The summed E-state index contributed by atoms with van der Waals surface area (Å²) >= 11 is 0. The molecule has 2 fully saturated rings. The van der Waals surface area contributed by atoms with Crippen LogP contribution in [0.25, 0.3) is 11.1 Å². The second-order valence-corrected chi connectivity index (χ2v) is 7.07. The van der Waals surface area contributed by atoms with E-state index in [0.717, 1.165) is 23.1 Å². The van der Waals surface area contributed by atoms with Crippen LogP contribution < -0.4 is 5.32 Å². The summed E-state index contributed by atoms with van der Waals surface area (Å²) in [4.78, 5) is 26.4. The summed E-state index contributed by atoms with van der Waals surface area (Å²) in [6.45, 7) is 3.45. The van der Waals surface area contributed by atoms with Gasteiger partial charge in [0.15, 0.2) is 0 Å². The molecule has 25 heavy (non-hydrogen) atoms. The number of likely N-dealkylation sites (tertiary alicyclic amines) is 1. The molecule has 0 saturated carbocycles. The van der Waals surface area contributed by atoms with E-state index in [1.807, 2.05) is 41.3 Å². The number of benzene rings is 2. The maximum absolute atomic E-state index is 13.0. The third-order valence-electron chi connectivity index (χ3n) is 5.38. The Bertz CT molecular complexity index is 830. The summed E-state index contributed by atoms with van der Waals surface area (Å²) in [5.74, 6) is 0.434. The van der Waals surface area contributed by atoms with Gasteiger partial charge in [0.2, 0.25) is 5.91 Å².